The van der Waals surface area contributed by atoms with Crippen molar-refractivity contribution in [1.82, 2.24) is 0 Å². The molecule has 2 aliphatic rings. The molecule has 0 saturated heterocycles. The molecule has 0 aromatic carbocycles. The highest BCUT2D eigenvalue weighted by atomic mass is 15.0. The lowest BCUT2D eigenvalue weighted by Gasteiger charge is -2.56. The third-order valence-corrected chi connectivity index (χ3v) is 5.75. The second kappa shape index (κ2) is 4.84. The summed E-state index contributed by atoms with van der Waals surface area (Å²) in [5.41, 5.74) is 13.3. The first kappa shape index (κ1) is 14.4. The predicted octanol–water partition coefficient (Wildman–Crippen LogP) is 3.06. The lowest BCUT2D eigenvalue weighted by molar-refractivity contribution is -0.0342. The molecule has 4 N–H and O–H groups in total. The summed E-state index contributed by atoms with van der Waals surface area (Å²) in [6.07, 6.45) is 7.61. The molecule has 3 unspecified atom stereocenters. The Labute approximate surface area is 117 Å². The summed E-state index contributed by atoms with van der Waals surface area (Å²) >= 11 is 0. The molecule has 0 spiro atoms. The summed E-state index contributed by atoms with van der Waals surface area (Å²) in [7, 11) is 0. The van der Waals surface area contributed by atoms with E-state index in [-0.39, 0.29) is 5.96 Å². The summed E-state index contributed by atoms with van der Waals surface area (Å²) in [4.78, 5) is 4.31. The van der Waals surface area contributed by atoms with Gasteiger partial charge >= 0.3 is 0 Å². The van der Waals surface area contributed by atoms with Crippen molar-refractivity contribution in [3.05, 3.63) is 11.6 Å². The maximum absolute atomic E-state index is 5.53. The average Bonchev–Trinajstić information content (AvgIpc) is 2.26. The van der Waals surface area contributed by atoms with Crippen molar-refractivity contribution in [2.75, 3.05) is 6.54 Å². The van der Waals surface area contributed by atoms with Gasteiger partial charge in [0, 0.05) is 12.5 Å². The molecule has 0 bridgehead atoms. The van der Waals surface area contributed by atoms with Gasteiger partial charge in [-0.05, 0) is 42.9 Å². The summed E-state index contributed by atoms with van der Waals surface area (Å²) in [6, 6.07) is 0. The van der Waals surface area contributed by atoms with Crippen LogP contribution >= 0.6 is 0 Å². The van der Waals surface area contributed by atoms with Crippen molar-refractivity contribution in [3.8, 4) is 0 Å². The zero-order chi connectivity index (χ0) is 14.3. The van der Waals surface area contributed by atoms with Gasteiger partial charge < -0.3 is 11.5 Å². The summed E-state index contributed by atoms with van der Waals surface area (Å²) in [6.45, 7) is 10.3. The van der Waals surface area contributed by atoms with Gasteiger partial charge in [0.1, 0.15) is 0 Å². The predicted molar refractivity (Wildman–Crippen MR) is 81.8 cm³/mol. The Bertz CT molecular complexity index is 404. The van der Waals surface area contributed by atoms with Gasteiger partial charge in [-0.25, -0.2) is 0 Å². The molecule has 0 aliphatic heterocycles. The van der Waals surface area contributed by atoms with Crippen LogP contribution in [-0.4, -0.2) is 12.5 Å². The first-order chi connectivity index (χ1) is 8.77. The zero-order valence-electron chi connectivity index (χ0n) is 12.9. The van der Waals surface area contributed by atoms with E-state index in [1.165, 1.54) is 31.3 Å². The van der Waals surface area contributed by atoms with E-state index in [4.69, 9.17) is 11.5 Å². The zero-order valence-corrected chi connectivity index (χ0v) is 12.9. The minimum Gasteiger partial charge on any atom is -0.370 e. The number of hydrogen-bond donors (Lipinski definition) is 2. The summed E-state index contributed by atoms with van der Waals surface area (Å²) in [5.74, 6) is 1.46. The highest BCUT2D eigenvalue weighted by molar-refractivity contribution is 5.75. The number of rotatable bonds is 2. The standard InChI is InChI=1S/C16H29N3/c1-11-6-7-13-15(2,3)8-5-9-16(13,4)12(11)10-19-14(17)18/h6,12-13H,5,7-10H2,1-4H3,(H4,17,18,19). The fourth-order valence-corrected chi connectivity index (χ4v) is 4.69. The lowest BCUT2D eigenvalue weighted by Crippen LogP contribution is -2.49. The van der Waals surface area contributed by atoms with E-state index in [0.29, 0.717) is 16.7 Å². The van der Waals surface area contributed by atoms with Gasteiger partial charge in [0.15, 0.2) is 5.96 Å². The van der Waals surface area contributed by atoms with Crippen molar-refractivity contribution in [2.24, 2.45) is 39.1 Å². The summed E-state index contributed by atoms with van der Waals surface area (Å²) in [5, 5.41) is 0. The van der Waals surface area contributed by atoms with E-state index in [0.717, 1.165) is 12.5 Å². The molecule has 1 fully saturated rings. The van der Waals surface area contributed by atoms with Gasteiger partial charge in [0.25, 0.3) is 0 Å². The number of fused-ring (bicyclic) bond motifs is 1. The Morgan fingerprint density at radius 1 is 1.32 bits per heavy atom. The fraction of sp³-hybridized carbons (Fsp3) is 0.812. The van der Waals surface area contributed by atoms with Crippen LogP contribution in [0, 0.1) is 22.7 Å². The first-order valence-corrected chi connectivity index (χ1v) is 7.49. The SMILES string of the molecule is CC1=CCC2C(C)(C)CCCC2(C)C1CN=C(N)N. The van der Waals surface area contributed by atoms with E-state index >= 15 is 0 Å². The van der Waals surface area contributed by atoms with Gasteiger partial charge in [-0.1, -0.05) is 38.8 Å². The molecule has 1 saturated carbocycles. The van der Waals surface area contributed by atoms with Gasteiger partial charge in [0.2, 0.25) is 0 Å². The molecule has 0 heterocycles. The Balaban J connectivity index is 2.33. The van der Waals surface area contributed by atoms with Crippen molar-refractivity contribution >= 4 is 5.96 Å². The fourth-order valence-electron chi connectivity index (χ4n) is 4.69. The Morgan fingerprint density at radius 3 is 2.63 bits per heavy atom. The smallest absolute Gasteiger partial charge is 0.185 e. The quantitative estimate of drug-likeness (QED) is 0.457. The van der Waals surface area contributed by atoms with Gasteiger partial charge in [-0.2, -0.15) is 0 Å². The van der Waals surface area contributed by atoms with E-state index < -0.39 is 0 Å². The minimum atomic E-state index is 0.216. The molecule has 0 radical (unpaired) electrons. The van der Waals surface area contributed by atoms with Crippen molar-refractivity contribution < 1.29 is 0 Å². The van der Waals surface area contributed by atoms with Crippen molar-refractivity contribution in [3.63, 3.8) is 0 Å². The van der Waals surface area contributed by atoms with E-state index in [9.17, 15) is 0 Å². The molecule has 2 rings (SSSR count). The van der Waals surface area contributed by atoms with Crippen LogP contribution in [0.4, 0.5) is 0 Å². The Morgan fingerprint density at radius 2 is 2.00 bits per heavy atom. The van der Waals surface area contributed by atoms with Crippen molar-refractivity contribution in [1.29, 1.82) is 0 Å². The number of aliphatic imine (C=N–C) groups is 1. The maximum atomic E-state index is 5.53. The second-order valence-corrected chi connectivity index (χ2v) is 7.40. The average molecular weight is 263 g/mol. The van der Waals surface area contributed by atoms with Crippen LogP contribution in [0.2, 0.25) is 0 Å². The molecule has 0 aromatic heterocycles. The van der Waals surface area contributed by atoms with E-state index in [2.05, 4.69) is 38.8 Å². The molecule has 0 amide bonds. The van der Waals surface area contributed by atoms with Crippen LogP contribution in [-0.2, 0) is 0 Å². The van der Waals surface area contributed by atoms with Crippen LogP contribution in [0.3, 0.4) is 0 Å². The molecule has 3 nitrogen and oxygen atoms in total. The molecule has 2 aliphatic carbocycles. The number of guanidine groups is 1. The monoisotopic (exact) mass is 263 g/mol. The highest BCUT2D eigenvalue weighted by Gasteiger charge is 2.51. The second-order valence-electron chi connectivity index (χ2n) is 7.40. The topological polar surface area (TPSA) is 64.4 Å². The molecule has 19 heavy (non-hydrogen) atoms. The van der Waals surface area contributed by atoms with Crippen LogP contribution in [0.5, 0.6) is 0 Å². The van der Waals surface area contributed by atoms with Crippen LogP contribution in [0.1, 0.15) is 53.4 Å². The number of nitrogens with zero attached hydrogens (tertiary/aromatic N) is 1. The largest absolute Gasteiger partial charge is 0.370 e. The Hall–Kier alpha value is -0.990. The van der Waals surface area contributed by atoms with E-state index in [1.807, 2.05) is 0 Å². The highest BCUT2D eigenvalue weighted by Crippen LogP contribution is 2.59. The van der Waals surface area contributed by atoms with Crippen LogP contribution < -0.4 is 11.5 Å². The molecule has 3 atom stereocenters. The third-order valence-electron chi connectivity index (χ3n) is 5.75. The van der Waals surface area contributed by atoms with Gasteiger partial charge in [-0.15, -0.1) is 0 Å². The van der Waals surface area contributed by atoms with E-state index in [1.54, 1.807) is 0 Å². The molecule has 0 aromatic rings. The maximum Gasteiger partial charge on any atom is 0.185 e. The van der Waals surface area contributed by atoms with Gasteiger partial charge in [0.05, 0.1) is 0 Å². The molecule has 3 heteroatoms. The normalized spacial score (nSPS) is 37.2. The molecular formula is C16H29N3. The summed E-state index contributed by atoms with van der Waals surface area (Å²) < 4.78 is 0. The molecular weight excluding hydrogens is 234 g/mol. The minimum absolute atomic E-state index is 0.216. The van der Waals surface area contributed by atoms with Gasteiger partial charge in [-0.3, -0.25) is 4.99 Å². The van der Waals surface area contributed by atoms with Crippen molar-refractivity contribution in [2.45, 2.75) is 53.4 Å². The van der Waals surface area contributed by atoms with Crippen LogP contribution in [0.25, 0.3) is 0 Å². The third kappa shape index (κ3) is 2.52. The molecule has 108 valence electrons. The number of nitrogens with two attached hydrogens (primary N) is 2. The number of hydrogen-bond acceptors (Lipinski definition) is 1. The van der Waals surface area contributed by atoms with Crippen LogP contribution in [0.15, 0.2) is 16.6 Å². The Kier molecular flexibility index (Phi) is 3.67. The number of allylic oxidation sites excluding steroid dienone is 1. The lowest BCUT2D eigenvalue weighted by atomic mass is 9.49. The first-order valence-electron chi connectivity index (χ1n) is 7.49.